The fraction of sp³-hybridized carbons (Fsp3) is 0.208. The number of aromatic nitrogens is 3. The van der Waals surface area contributed by atoms with Crippen molar-refractivity contribution in [3.05, 3.63) is 81.2 Å². The fourth-order valence-corrected chi connectivity index (χ4v) is 4.44. The molecule has 0 radical (unpaired) electrons. The minimum absolute atomic E-state index is 0.261. The second-order valence-electron chi connectivity index (χ2n) is 7.28. The Balaban J connectivity index is 1.62. The van der Waals surface area contributed by atoms with Gasteiger partial charge in [-0.3, -0.25) is 14.3 Å². The summed E-state index contributed by atoms with van der Waals surface area (Å²) < 4.78 is 8.75. The summed E-state index contributed by atoms with van der Waals surface area (Å²) in [6, 6.07) is 16.9. The van der Waals surface area contributed by atoms with E-state index in [-0.39, 0.29) is 17.2 Å². The molecule has 1 amide bonds. The number of carbonyl (C=O) groups excluding carboxylic acids is 1. The molecule has 4 aromatic rings. The predicted octanol–water partition coefficient (Wildman–Crippen LogP) is 4.57. The van der Waals surface area contributed by atoms with E-state index < -0.39 is 0 Å². The fourth-order valence-electron chi connectivity index (χ4n) is 3.47. The molecule has 8 heteroatoms. The molecule has 7 nitrogen and oxygen atoms in total. The highest BCUT2D eigenvalue weighted by Gasteiger charge is 2.22. The summed E-state index contributed by atoms with van der Waals surface area (Å²) in [4.78, 5) is 31.2. The zero-order valence-corrected chi connectivity index (χ0v) is 19.2. The maximum atomic E-state index is 13.1. The van der Waals surface area contributed by atoms with Gasteiger partial charge >= 0.3 is 0 Å². The summed E-state index contributed by atoms with van der Waals surface area (Å²) in [6.45, 7) is 6.14. The lowest BCUT2D eigenvalue weighted by molar-refractivity contribution is 0.102. The van der Waals surface area contributed by atoms with Crippen LogP contribution in [0.2, 0.25) is 0 Å². The maximum Gasteiger partial charge on any atom is 0.295 e. The smallest absolute Gasteiger partial charge is 0.295 e. The third-order valence-electron chi connectivity index (χ3n) is 5.21. The number of benzene rings is 2. The van der Waals surface area contributed by atoms with Gasteiger partial charge in [0.25, 0.3) is 11.5 Å². The van der Waals surface area contributed by atoms with Crippen LogP contribution in [0.15, 0.2) is 59.4 Å². The average molecular weight is 449 g/mol. The third-order valence-corrected chi connectivity index (χ3v) is 6.41. The molecule has 2 heterocycles. The molecule has 1 N–H and O–H groups in total. The average Bonchev–Trinajstić information content (AvgIpc) is 3.28. The van der Waals surface area contributed by atoms with Crippen molar-refractivity contribution in [1.29, 1.82) is 0 Å². The Kier molecular flexibility index (Phi) is 5.96. The Morgan fingerprint density at radius 3 is 2.44 bits per heavy atom. The van der Waals surface area contributed by atoms with Crippen LogP contribution in [0.5, 0.6) is 5.75 Å². The van der Waals surface area contributed by atoms with E-state index in [0.29, 0.717) is 22.9 Å². The lowest BCUT2D eigenvalue weighted by Crippen LogP contribution is -2.22. The van der Waals surface area contributed by atoms with E-state index >= 15 is 0 Å². The van der Waals surface area contributed by atoms with E-state index in [1.165, 1.54) is 16.0 Å². The van der Waals surface area contributed by atoms with Gasteiger partial charge in [-0.25, -0.2) is 9.67 Å². The van der Waals surface area contributed by atoms with Crippen molar-refractivity contribution in [3.63, 3.8) is 0 Å². The van der Waals surface area contributed by atoms with Gasteiger partial charge in [0.1, 0.15) is 21.3 Å². The number of anilines is 1. The Morgan fingerprint density at radius 1 is 1.09 bits per heavy atom. The van der Waals surface area contributed by atoms with Crippen molar-refractivity contribution in [2.45, 2.75) is 20.8 Å². The number of para-hydroxylation sites is 1. The summed E-state index contributed by atoms with van der Waals surface area (Å²) in [5.74, 6) is 0.444. The number of ether oxygens (including phenoxy) is 1. The van der Waals surface area contributed by atoms with Crippen LogP contribution in [0, 0.1) is 13.8 Å². The lowest BCUT2D eigenvalue weighted by atomic mass is 10.2. The summed E-state index contributed by atoms with van der Waals surface area (Å²) in [5, 5.41) is 3.55. The second-order valence-corrected chi connectivity index (χ2v) is 8.28. The van der Waals surface area contributed by atoms with Crippen molar-refractivity contribution >= 4 is 22.9 Å². The summed E-state index contributed by atoms with van der Waals surface area (Å²) in [5.41, 5.74) is 2.91. The van der Waals surface area contributed by atoms with Crippen LogP contribution in [0.25, 0.3) is 16.3 Å². The molecule has 0 aliphatic heterocycles. The quantitative estimate of drug-likeness (QED) is 0.469. The molecule has 0 aliphatic rings. The van der Waals surface area contributed by atoms with Crippen molar-refractivity contribution in [2.24, 2.45) is 7.05 Å². The number of rotatable bonds is 6. The SMILES string of the molecule is CCOc1ccc(-c2nc(C)c(C(=O)Nc3c(C)n(C)n(-c4ccccc4)c3=O)s2)cc1. The minimum Gasteiger partial charge on any atom is -0.494 e. The number of hydrogen-bond acceptors (Lipinski definition) is 5. The molecule has 2 aromatic heterocycles. The topological polar surface area (TPSA) is 78.2 Å². The van der Waals surface area contributed by atoms with Crippen molar-refractivity contribution < 1.29 is 9.53 Å². The number of amides is 1. The number of nitrogens with one attached hydrogen (secondary N) is 1. The van der Waals surface area contributed by atoms with Gasteiger partial charge in [-0.2, -0.15) is 0 Å². The van der Waals surface area contributed by atoms with Crippen LogP contribution >= 0.6 is 11.3 Å². The number of aryl methyl sites for hydroxylation is 1. The number of nitrogens with zero attached hydrogens (tertiary/aromatic N) is 3. The van der Waals surface area contributed by atoms with Crippen LogP contribution in [0.1, 0.15) is 28.0 Å². The summed E-state index contributed by atoms with van der Waals surface area (Å²) in [7, 11) is 1.79. The molecule has 0 saturated carbocycles. The maximum absolute atomic E-state index is 13.1. The Labute approximate surface area is 189 Å². The molecule has 0 bridgehead atoms. The van der Waals surface area contributed by atoms with E-state index in [2.05, 4.69) is 10.3 Å². The molecule has 4 rings (SSSR count). The van der Waals surface area contributed by atoms with E-state index in [1.807, 2.05) is 61.5 Å². The largest absolute Gasteiger partial charge is 0.494 e. The summed E-state index contributed by atoms with van der Waals surface area (Å²) >= 11 is 1.30. The van der Waals surface area contributed by atoms with E-state index in [1.54, 1.807) is 25.6 Å². The van der Waals surface area contributed by atoms with Gasteiger partial charge in [0.2, 0.25) is 0 Å². The highest BCUT2D eigenvalue weighted by molar-refractivity contribution is 7.17. The molecule has 0 atom stereocenters. The van der Waals surface area contributed by atoms with Gasteiger partial charge < -0.3 is 10.1 Å². The monoisotopic (exact) mass is 448 g/mol. The van der Waals surface area contributed by atoms with E-state index in [4.69, 9.17) is 4.74 Å². The van der Waals surface area contributed by atoms with Crippen molar-refractivity contribution in [2.75, 3.05) is 11.9 Å². The first-order valence-electron chi connectivity index (χ1n) is 10.3. The molecule has 2 aromatic carbocycles. The van der Waals surface area contributed by atoms with Gasteiger partial charge in [-0.05, 0) is 57.2 Å². The van der Waals surface area contributed by atoms with Crippen molar-refractivity contribution in [1.82, 2.24) is 14.3 Å². The zero-order valence-electron chi connectivity index (χ0n) is 18.4. The molecule has 32 heavy (non-hydrogen) atoms. The minimum atomic E-state index is -0.344. The predicted molar refractivity (Wildman–Crippen MR) is 127 cm³/mol. The Morgan fingerprint density at radius 2 is 1.78 bits per heavy atom. The molecule has 0 saturated heterocycles. The van der Waals surface area contributed by atoms with Gasteiger partial charge in [0, 0.05) is 12.6 Å². The Hall–Kier alpha value is -3.65. The number of carbonyl (C=O) groups is 1. The van der Waals surface area contributed by atoms with Gasteiger partial charge in [0.15, 0.2) is 0 Å². The third kappa shape index (κ3) is 3.97. The van der Waals surface area contributed by atoms with E-state index in [9.17, 15) is 9.59 Å². The van der Waals surface area contributed by atoms with Gasteiger partial charge in [-0.15, -0.1) is 11.3 Å². The van der Waals surface area contributed by atoms with Crippen LogP contribution in [0.3, 0.4) is 0 Å². The first kappa shape index (κ1) is 21.6. The second kappa shape index (κ2) is 8.84. The van der Waals surface area contributed by atoms with Crippen LogP contribution in [0.4, 0.5) is 5.69 Å². The number of thiazole rings is 1. The molecule has 0 spiro atoms. The van der Waals surface area contributed by atoms with Crippen LogP contribution < -0.4 is 15.6 Å². The molecule has 0 unspecified atom stereocenters. The van der Waals surface area contributed by atoms with Gasteiger partial charge in [0.05, 0.1) is 23.7 Å². The van der Waals surface area contributed by atoms with E-state index in [0.717, 1.165) is 22.0 Å². The van der Waals surface area contributed by atoms with Crippen LogP contribution in [-0.4, -0.2) is 26.9 Å². The van der Waals surface area contributed by atoms with Crippen molar-refractivity contribution in [3.8, 4) is 22.0 Å². The highest BCUT2D eigenvalue weighted by atomic mass is 32.1. The molecular weight excluding hydrogens is 424 g/mol. The molecule has 0 fully saturated rings. The zero-order chi connectivity index (χ0) is 22.8. The molecular formula is C24H24N4O3S. The standard InChI is InChI=1S/C24H24N4O3S/c1-5-31-19-13-11-17(12-14-19)23-25-15(2)21(32-23)22(29)26-20-16(3)27(4)28(24(20)30)18-9-7-6-8-10-18/h6-14H,5H2,1-4H3,(H,26,29). The number of hydrogen-bond donors (Lipinski definition) is 1. The van der Waals surface area contributed by atoms with Crippen LogP contribution in [-0.2, 0) is 7.05 Å². The lowest BCUT2D eigenvalue weighted by Gasteiger charge is -2.07. The molecule has 164 valence electrons. The first-order chi connectivity index (χ1) is 15.4. The normalized spacial score (nSPS) is 10.9. The summed E-state index contributed by atoms with van der Waals surface area (Å²) in [6.07, 6.45) is 0. The molecule has 0 aliphatic carbocycles. The van der Waals surface area contributed by atoms with Gasteiger partial charge in [-0.1, -0.05) is 18.2 Å². The first-order valence-corrected chi connectivity index (χ1v) is 11.1. The Bertz CT molecular complexity index is 1320. The highest BCUT2D eigenvalue weighted by Crippen LogP contribution is 2.30.